The second kappa shape index (κ2) is 13.6. The maximum absolute atomic E-state index is 2.39. The van der Waals surface area contributed by atoms with Gasteiger partial charge in [0.2, 0.25) is 0 Å². The van der Waals surface area contributed by atoms with Crippen LogP contribution >= 0.6 is 0 Å². The predicted molar refractivity (Wildman–Crippen MR) is 125 cm³/mol. The third-order valence-corrected chi connectivity index (χ3v) is 5.25. The topological polar surface area (TPSA) is 8.81 Å². The van der Waals surface area contributed by atoms with E-state index in [0.717, 1.165) is 6.54 Å². The summed E-state index contributed by atoms with van der Waals surface area (Å²) >= 11 is 0. The van der Waals surface area contributed by atoms with Gasteiger partial charge in [-0.15, -0.1) is 0 Å². The van der Waals surface area contributed by atoms with E-state index in [1.165, 1.54) is 33.9 Å². The molecule has 2 aromatic carbocycles. The molecule has 10 radical (unpaired) electrons. The first-order valence-corrected chi connectivity index (χ1v) is 10.3. The molecule has 0 spiro atoms. The Labute approximate surface area is 222 Å². The summed E-state index contributed by atoms with van der Waals surface area (Å²) < 4.78 is 4.65. The Balaban J connectivity index is 0.000000460. The number of aromatic nitrogens is 2. The van der Waals surface area contributed by atoms with Gasteiger partial charge in [-0.2, -0.15) is 0 Å². The number of imidazole rings is 1. The van der Waals surface area contributed by atoms with Crippen molar-refractivity contribution in [1.82, 2.24) is 4.57 Å². The standard InChI is InChI=1S/C23H22N2.C5H5.Fe.HI/c1-18-8-7-11-19(16-18)14-15-23-24(2)21-12-5-6-13-22(21)25(23)17-20-9-3-4-10-20;1-2-4-5-3-1;;/h3-16H,17H2,1-2H3;1-5H;;1H/q+1;;;/p-1/b15-14+;;;. The van der Waals surface area contributed by atoms with Crippen LogP contribution in [0.4, 0.5) is 0 Å². The van der Waals surface area contributed by atoms with Gasteiger partial charge in [0.25, 0.3) is 5.82 Å². The Hall–Kier alpha value is -1.10. The van der Waals surface area contributed by atoms with E-state index >= 15 is 0 Å². The number of nitrogens with zero attached hydrogens (tertiary/aromatic N) is 2. The Kier molecular flexibility index (Phi) is 11.5. The third kappa shape index (κ3) is 6.95. The van der Waals surface area contributed by atoms with Crippen molar-refractivity contribution in [2.75, 3.05) is 0 Å². The molecule has 0 saturated heterocycles. The number of para-hydroxylation sites is 2. The molecule has 1 aromatic heterocycles. The van der Waals surface area contributed by atoms with Crippen LogP contribution in [0.5, 0.6) is 0 Å². The fourth-order valence-corrected chi connectivity index (χ4v) is 3.74. The zero-order valence-corrected chi connectivity index (χ0v) is 21.6. The van der Waals surface area contributed by atoms with Crippen LogP contribution in [-0.2, 0) is 30.7 Å². The minimum Gasteiger partial charge on any atom is -1.00 e. The van der Waals surface area contributed by atoms with Crippen molar-refractivity contribution in [3.63, 3.8) is 0 Å². The molecule has 1 heterocycles. The summed E-state index contributed by atoms with van der Waals surface area (Å²) in [7, 11) is 2.14. The van der Waals surface area contributed by atoms with Crippen LogP contribution in [0, 0.1) is 70.6 Å². The van der Waals surface area contributed by atoms with Crippen molar-refractivity contribution in [1.29, 1.82) is 0 Å². The van der Waals surface area contributed by atoms with Crippen molar-refractivity contribution in [2.45, 2.75) is 13.5 Å². The van der Waals surface area contributed by atoms with E-state index in [0.29, 0.717) is 0 Å². The van der Waals surface area contributed by atoms with Crippen LogP contribution in [0.15, 0.2) is 48.5 Å². The quantitative estimate of drug-likeness (QED) is 0.257. The van der Waals surface area contributed by atoms with Gasteiger partial charge in [0.05, 0.1) is 13.6 Å². The van der Waals surface area contributed by atoms with E-state index < -0.39 is 0 Å². The van der Waals surface area contributed by atoms with Gasteiger partial charge in [-0.05, 0) is 88.5 Å². The largest absolute Gasteiger partial charge is 1.00 e. The van der Waals surface area contributed by atoms with Crippen molar-refractivity contribution >= 4 is 23.2 Å². The third-order valence-electron chi connectivity index (χ3n) is 5.25. The maximum Gasteiger partial charge on any atom is 0.282 e. The second-order valence-corrected chi connectivity index (χ2v) is 7.49. The van der Waals surface area contributed by atoms with Gasteiger partial charge in [0.1, 0.15) is 0 Å². The van der Waals surface area contributed by atoms with Gasteiger partial charge >= 0.3 is 0 Å². The van der Waals surface area contributed by atoms with Gasteiger partial charge in [-0.3, -0.25) is 0 Å². The normalized spacial score (nSPS) is 15.9. The van der Waals surface area contributed by atoms with Crippen LogP contribution in [-0.4, -0.2) is 4.57 Å². The Morgan fingerprint density at radius 1 is 0.812 bits per heavy atom. The van der Waals surface area contributed by atoms with Gasteiger partial charge in [-0.1, -0.05) is 42.0 Å². The smallest absolute Gasteiger partial charge is 0.282 e. The molecule has 2 aliphatic carbocycles. The molecular weight excluding hydrogens is 547 g/mol. The van der Waals surface area contributed by atoms with E-state index in [1.54, 1.807) is 0 Å². The second-order valence-electron chi connectivity index (χ2n) is 7.49. The average Bonchev–Trinajstić information content (AvgIpc) is 3.53. The van der Waals surface area contributed by atoms with Gasteiger partial charge in [0.15, 0.2) is 11.0 Å². The predicted octanol–water partition coefficient (Wildman–Crippen LogP) is 2.37. The summed E-state index contributed by atoms with van der Waals surface area (Å²) in [6, 6.07) is 17.2. The first kappa shape index (κ1) is 27.1. The van der Waals surface area contributed by atoms with Gasteiger partial charge in [-0.25, -0.2) is 9.13 Å². The van der Waals surface area contributed by atoms with Crippen molar-refractivity contribution in [2.24, 2.45) is 7.05 Å². The molecule has 2 nitrogen and oxygen atoms in total. The summed E-state index contributed by atoms with van der Waals surface area (Å²) in [5, 5.41) is 0. The number of benzene rings is 2. The molecule has 0 amide bonds. The summed E-state index contributed by atoms with van der Waals surface area (Å²) in [5.41, 5.74) is 5.02. The number of rotatable bonds is 4. The summed E-state index contributed by atoms with van der Waals surface area (Å²) in [5.74, 6) is 2.52. The zero-order chi connectivity index (χ0) is 20.8. The van der Waals surface area contributed by atoms with Crippen LogP contribution in [0.1, 0.15) is 17.0 Å². The van der Waals surface area contributed by atoms with Crippen molar-refractivity contribution in [3.05, 3.63) is 129 Å². The molecular formula is C28H27FeIN2. The maximum atomic E-state index is 2.39. The molecule has 5 rings (SSSR count). The molecule has 2 fully saturated rings. The minimum atomic E-state index is 0. The Morgan fingerprint density at radius 3 is 2.12 bits per heavy atom. The zero-order valence-electron chi connectivity index (χ0n) is 18.3. The van der Waals surface area contributed by atoms with E-state index in [9.17, 15) is 0 Å². The van der Waals surface area contributed by atoms with Crippen LogP contribution in [0.2, 0.25) is 0 Å². The molecule has 164 valence electrons. The first-order valence-electron chi connectivity index (χ1n) is 10.3. The molecule has 32 heavy (non-hydrogen) atoms. The van der Waals surface area contributed by atoms with Gasteiger partial charge < -0.3 is 24.0 Å². The summed E-state index contributed by atoms with van der Waals surface area (Å²) in [4.78, 5) is 0. The molecule has 0 aliphatic heterocycles. The molecule has 4 heteroatoms. The Morgan fingerprint density at radius 2 is 1.47 bits per heavy atom. The van der Waals surface area contributed by atoms with Crippen LogP contribution in [0.3, 0.4) is 0 Å². The molecule has 0 unspecified atom stereocenters. The van der Waals surface area contributed by atoms with Crippen LogP contribution < -0.4 is 28.5 Å². The molecule has 2 aliphatic rings. The minimum absolute atomic E-state index is 0. The molecule has 0 atom stereocenters. The monoisotopic (exact) mass is 574 g/mol. The number of fused-ring (bicyclic) bond motifs is 1. The van der Waals surface area contributed by atoms with E-state index in [-0.39, 0.29) is 41.0 Å². The van der Waals surface area contributed by atoms with Crippen LogP contribution in [0.25, 0.3) is 23.2 Å². The van der Waals surface area contributed by atoms with Crippen molar-refractivity contribution < 1.29 is 45.6 Å². The molecule has 2 saturated carbocycles. The fraction of sp³-hybridized carbons (Fsp3) is 0.107. The summed E-state index contributed by atoms with van der Waals surface area (Å²) in [6.45, 7) is 3.01. The van der Waals surface area contributed by atoms with E-state index in [1.807, 2.05) is 32.1 Å². The first-order chi connectivity index (χ1) is 14.7. The van der Waals surface area contributed by atoms with Gasteiger partial charge in [0, 0.05) is 29.1 Å². The summed E-state index contributed by atoms with van der Waals surface area (Å²) in [6.07, 6.45) is 23.0. The van der Waals surface area contributed by atoms with Crippen molar-refractivity contribution in [3.8, 4) is 0 Å². The fourth-order valence-electron chi connectivity index (χ4n) is 3.74. The Bertz CT molecular complexity index is 990. The van der Waals surface area contributed by atoms with E-state index in [4.69, 9.17) is 0 Å². The number of aryl methyl sites for hydroxylation is 2. The molecule has 0 bridgehead atoms. The van der Waals surface area contributed by atoms with E-state index in [2.05, 4.69) is 109 Å². The molecule has 0 N–H and O–H groups in total. The molecule has 3 aromatic rings. The number of hydrogen-bond acceptors (Lipinski definition) is 0. The SMILES string of the molecule is Cc1cccc(/C=C/c2n(C[C]3[CH][CH][CH][CH]3)c3ccccc3[n+]2C)c1.[CH]1[CH][CH][CH][CH]1.[Fe].[I-]. The number of hydrogen-bond donors (Lipinski definition) is 0. The number of halogens is 1. The average molecular weight is 574 g/mol.